The molecule has 0 bridgehead atoms. The number of rotatable bonds is 6. The van der Waals surface area contributed by atoms with Gasteiger partial charge in [0.15, 0.2) is 0 Å². The average Bonchev–Trinajstić information content (AvgIpc) is 3.24. The summed E-state index contributed by atoms with van der Waals surface area (Å²) in [4.78, 5) is 0. The molecule has 2 heterocycles. The molecule has 4 rings (SSSR count). The molecule has 5 unspecified atom stereocenters. The summed E-state index contributed by atoms with van der Waals surface area (Å²) in [7, 11) is 0. The summed E-state index contributed by atoms with van der Waals surface area (Å²) in [6.07, 6.45) is -1.27. The third-order valence-corrected chi connectivity index (χ3v) is 6.04. The van der Waals surface area contributed by atoms with E-state index in [1.54, 1.807) is 6.07 Å². The summed E-state index contributed by atoms with van der Waals surface area (Å²) in [5.74, 6) is 0.821. The predicted molar refractivity (Wildman–Crippen MR) is 112 cm³/mol. The van der Waals surface area contributed by atoms with Gasteiger partial charge in [0.05, 0.1) is 32.0 Å². The minimum atomic E-state index is -0.885. The van der Waals surface area contributed by atoms with Crippen molar-refractivity contribution < 1.29 is 29.5 Å². The number of aliphatic hydroxyl groups is 3. The van der Waals surface area contributed by atoms with E-state index >= 15 is 0 Å². The lowest BCUT2D eigenvalue weighted by Crippen LogP contribution is -2.44. The average molecular weight is 435 g/mol. The quantitative estimate of drug-likeness (QED) is 0.647. The molecule has 2 fully saturated rings. The number of hydrogen-bond donors (Lipinski definition) is 3. The van der Waals surface area contributed by atoms with Gasteiger partial charge in [0.2, 0.25) is 0 Å². The van der Waals surface area contributed by atoms with Crippen molar-refractivity contribution >= 4 is 11.6 Å². The summed E-state index contributed by atoms with van der Waals surface area (Å²) < 4.78 is 17.0. The van der Waals surface area contributed by atoms with Crippen LogP contribution in [0.1, 0.15) is 35.6 Å². The van der Waals surface area contributed by atoms with Gasteiger partial charge in [0, 0.05) is 17.9 Å². The molecule has 7 heteroatoms. The SMILES string of the molecule is OCC1OC(c2ccc(Cl)c(Cc3ccc(OC4CCOC4)cc3)c2)C(O)CC1O. The maximum Gasteiger partial charge on any atom is 0.124 e. The fraction of sp³-hybridized carbons (Fsp3) is 0.478. The van der Waals surface area contributed by atoms with Crippen LogP contribution in [0.2, 0.25) is 5.02 Å². The van der Waals surface area contributed by atoms with Crippen molar-refractivity contribution in [2.45, 2.75) is 49.8 Å². The summed E-state index contributed by atoms with van der Waals surface area (Å²) in [5, 5.41) is 30.4. The standard InChI is InChI=1S/C23H27ClO6/c24-19-6-3-15(23-21(27)11-20(26)22(12-25)30-23)10-16(19)9-14-1-4-17(5-2-14)29-18-7-8-28-13-18/h1-6,10,18,20-23,25-27H,7-9,11-13H2. The van der Waals surface area contributed by atoms with E-state index in [1.807, 2.05) is 36.4 Å². The van der Waals surface area contributed by atoms with Crippen LogP contribution < -0.4 is 4.74 Å². The van der Waals surface area contributed by atoms with Gasteiger partial charge in [-0.05, 0) is 41.3 Å². The van der Waals surface area contributed by atoms with Gasteiger partial charge in [0.25, 0.3) is 0 Å². The van der Waals surface area contributed by atoms with Gasteiger partial charge in [-0.2, -0.15) is 0 Å². The van der Waals surface area contributed by atoms with E-state index in [-0.39, 0.29) is 19.1 Å². The first-order valence-electron chi connectivity index (χ1n) is 10.3. The van der Waals surface area contributed by atoms with Crippen LogP contribution in [0.3, 0.4) is 0 Å². The van der Waals surface area contributed by atoms with Crippen LogP contribution in [0.4, 0.5) is 0 Å². The Bertz CT molecular complexity index is 836. The molecule has 0 aliphatic carbocycles. The van der Waals surface area contributed by atoms with E-state index in [0.717, 1.165) is 35.5 Å². The van der Waals surface area contributed by atoms with E-state index in [9.17, 15) is 15.3 Å². The van der Waals surface area contributed by atoms with Gasteiger partial charge in [-0.25, -0.2) is 0 Å². The lowest BCUT2D eigenvalue weighted by molar-refractivity contribution is -0.181. The Balaban J connectivity index is 1.46. The highest BCUT2D eigenvalue weighted by Gasteiger charge is 2.36. The molecular weight excluding hydrogens is 408 g/mol. The molecule has 0 radical (unpaired) electrons. The van der Waals surface area contributed by atoms with Crippen molar-refractivity contribution in [1.82, 2.24) is 0 Å². The molecule has 2 aliphatic rings. The molecule has 162 valence electrons. The van der Waals surface area contributed by atoms with E-state index in [2.05, 4.69) is 0 Å². The lowest BCUT2D eigenvalue weighted by Gasteiger charge is -2.37. The predicted octanol–water partition coefficient (Wildman–Crippen LogP) is 2.64. The Morgan fingerprint density at radius 2 is 1.87 bits per heavy atom. The van der Waals surface area contributed by atoms with Crippen LogP contribution in [-0.2, 0) is 15.9 Å². The zero-order valence-corrected chi connectivity index (χ0v) is 17.4. The molecule has 0 amide bonds. The maximum absolute atomic E-state index is 10.4. The number of ether oxygens (including phenoxy) is 3. The number of halogens is 1. The van der Waals surface area contributed by atoms with E-state index in [0.29, 0.717) is 18.1 Å². The van der Waals surface area contributed by atoms with Crippen LogP contribution in [0.15, 0.2) is 42.5 Å². The van der Waals surface area contributed by atoms with Gasteiger partial charge in [-0.3, -0.25) is 0 Å². The fourth-order valence-corrected chi connectivity index (χ4v) is 4.15. The Kier molecular flexibility index (Phi) is 6.93. The molecule has 30 heavy (non-hydrogen) atoms. The maximum atomic E-state index is 10.4. The molecule has 0 aromatic heterocycles. The summed E-state index contributed by atoms with van der Waals surface area (Å²) >= 11 is 6.42. The molecule has 6 nitrogen and oxygen atoms in total. The van der Waals surface area contributed by atoms with Crippen LogP contribution >= 0.6 is 11.6 Å². The summed E-state index contributed by atoms with van der Waals surface area (Å²) in [5.41, 5.74) is 2.76. The molecule has 2 saturated heterocycles. The highest BCUT2D eigenvalue weighted by atomic mass is 35.5. The van der Waals surface area contributed by atoms with Crippen molar-refractivity contribution in [3.63, 3.8) is 0 Å². The number of hydrogen-bond acceptors (Lipinski definition) is 6. The van der Waals surface area contributed by atoms with Crippen molar-refractivity contribution in [3.8, 4) is 5.75 Å². The first-order chi connectivity index (χ1) is 14.5. The first kappa shape index (κ1) is 21.6. The molecule has 2 aromatic carbocycles. The van der Waals surface area contributed by atoms with Crippen LogP contribution in [0, 0.1) is 0 Å². The lowest BCUT2D eigenvalue weighted by atomic mass is 9.92. The van der Waals surface area contributed by atoms with Gasteiger partial charge in [-0.15, -0.1) is 0 Å². The first-order valence-corrected chi connectivity index (χ1v) is 10.7. The van der Waals surface area contributed by atoms with Gasteiger partial charge >= 0.3 is 0 Å². The third-order valence-electron chi connectivity index (χ3n) is 5.67. The Morgan fingerprint density at radius 1 is 1.07 bits per heavy atom. The fourth-order valence-electron chi connectivity index (χ4n) is 3.97. The topological polar surface area (TPSA) is 88.4 Å². The van der Waals surface area contributed by atoms with Crippen LogP contribution in [0.5, 0.6) is 5.75 Å². The zero-order valence-electron chi connectivity index (χ0n) is 16.6. The van der Waals surface area contributed by atoms with Crippen LogP contribution in [0.25, 0.3) is 0 Å². The summed E-state index contributed by atoms with van der Waals surface area (Å²) in [6.45, 7) is 1.08. The molecule has 0 spiro atoms. The highest BCUT2D eigenvalue weighted by molar-refractivity contribution is 6.31. The molecular formula is C23H27ClO6. The Labute approximate surface area is 181 Å². The molecule has 2 aliphatic heterocycles. The Morgan fingerprint density at radius 3 is 2.57 bits per heavy atom. The monoisotopic (exact) mass is 434 g/mol. The highest BCUT2D eigenvalue weighted by Crippen LogP contribution is 2.34. The smallest absolute Gasteiger partial charge is 0.124 e. The van der Waals surface area contributed by atoms with Gasteiger partial charge < -0.3 is 29.5 Å². The molecule has 3 N–H and O–H groups in total. The molecule has 0 saturated carbocycles. The molecule has 2 aromatic rings. The largest absolute Gasteiger partial charge is 0.488 e. The minimum absolute atomic E-state index is 0.116. The third kappa shape index (κ3) is 4.97. The van der Waals surface area contributed by atoms with Gasteiger partial charge in [-0.1, -0.05) is 35.9 Å². The second kappa shape index (κ2) is 9.64. The van der Waals surface area contributed by atoms with E-state index < -0.39 is 24.4 Å². The Hall–Kier alpha value is -1.67. The zero-order chi connectivity index (χ0) is 21.1. The van der Waals surface area contributed by atoms with E-state index in [4.69, 9.17) is 25.8 Å². The number of benzene rings is 2. The number of aliphatic hydroxyl groups excluding tert-OH is 3. The second-order valence-electron chi connectivity index (χ2n) is 7.92. The van der Waals surface area contributed by atoms with Crippen molar-refractivity contribution in [2.24, 2.45) is 0 Å². The second-order valence-corrected chi connectivity index (χ2v) is 8.33. The summed E-state index contributed by atoms with van der Waals surface area (Å²) in [6, 6.07) is 13.4. The van der Waals surface area contributed by atoms with E-state index in [1.165, 1.54) is 0 Å². The molecule has 5 atom stereocenters. The van der Waals surface area contributed by atoms with Crippen LogP contribution in [-0.4, -0.2) is 59.6 Å². The normalized spacial score (nSPS) is 29.1. The minimum Gasteiger partial charge on any atom is -0.488 e. The van der Waals surface area contributed by atoms with Crippen molar-refractivity contribution in [3.05, 3.63) is 64.2 Å². The van der Waals surface area contributed by atoms with Crippen molar-refractivity contribution in [1.29, 1.82) is 0 Å². The van der Waals surface area contributed by atoms with Gasteiger partial charge in [0.1, 0.15) is 24.1 Å². The van der Waals surface area contributed by atoms with Crippen molar-refractivity contribution in [2.75, 3.05) is 19.8 Å².